The van der Waals surface area contributed by atoms with E-state index in [9.17, 15) is 9.90 Å². The van der Waals surface area contributed by atoms with Crippen molar-refractivity contribution in [3.8, 4) is 0 Å². The van der Waals surface area contributed by atoms with Crippen molar-refractivity contribution in [2.24, 2.45) is 45.8 Å². The minimum absolute atomic E-state index is 0.177. The van der Waals surface area contributed by atoms with E-state index >= 15 is 0 Å². The molecule has 0 spiro atoms. The first-order valence-corrected chi connectivity index (χ1v) is 9.41. The molecule has 0 saturated heterocycles. The zero-order valence-corrected chi connectivity index (χ0v) is 14.7. The van der Waals surface area contributed by atoms with Crippen LogP contribution in [0.2, 0.25) is 0 Å². The van der Waals surface area contributed by atoms with Gasteiger partial charge in [0.05, 0.1) is 0 Å². The van der Waals surface area contributed by atoms with Crippen molar-refractivity contribution in [2.45, 2.75) is 66.2 Å². The van der Waals surface area contributed by atoms with E-state index in [2.05, 4.69) is 27.7 Å². The molecule has 1 N–H and O–H groups in total. The quantitative estimate of drug-likeness (QED) is 0.793. The number of hydrogen-bond acceptors (Lipinski definition) is 2. The molecule has 0 aliphatic heterocycles. The number of carbonyl (C=O) groups is 1. The van der Waals surface area contributed by atoms with E-state index in [4.69, 9.17) is 0 Å². The van der Waals surface area contributed by atoms with E-state index < -0.39 is 0 Å². The summed E-state index contributed by atoms with van der Waals surface area (Å²) in [5.41, 5.74) is 0.606. The minimum Gasteiger partial charge on any atom is -0.396 e. The number of ketones is 1. The second kappa shape index (κ2) is 4.37. The van der Waals surface area contributed by atoms with E-state index in [1.807, 2.05) is 0 Å². The van der Waals surface area contributed by atoms with Crippen LogP contribution in [0.15, 0.2) is 0 Å². The summed E-state index contributed by atoms with van der Waals surface area (Å²) in [7, 11) is 0. The lowest BCUT2D eigenvalue weighted by atomic mass is 9.44. The smallest absolute Gasteiger partial charge is 0.139 e. The molecule has 4 saturated carbocycles. The van der Waals surface area contributed by atoms with Crippen LogP contribution in [0.3, 0.4) is 0 Å². The van der Waals surface area contributed by atoms with Crippen LogP contribution in [0.25, 0.3) is 0 Å². The Balaban J connectivity index is 1.70. The van der Waals surface area contributed by atoms with E-state index in [1.54, 1.807) is 0 Å². The van der Waals surface area contributed by atoms with E-state index in [0.717, 1.165) is 12.3 Å². The normalized spacial score (nSPS) is 55.9. The zero-order valence-electron chi connectivity index (χ0n) is 14.7. The standard InChI is InChI=1S/C20H32O2/c1-18(2)8-5-9-19(3)13-10-16(22)20(4)14(11-21)17(20)12(13)6-7-15(18)19/h12-15,17,21H,5-11H2,1-4H3. The third-order valence-electron chi connectivity index (χ3n) is 8.88. The molecule has 4 rings (SSSR count). The summed E-state index contributed by atoms with van der Waals surface area (Å²) < 4.78 is 0. The minimum atomic E-state index is -0.177. The predicted molar refractivity (Wildman–Crippen MR) is 87.2 cm³/mol. The van der Waals surface area contributed by atoms with Crippen LogP contribution in [0.4, 0.5) is 0 Å². The first kappa shape index (κ1) is 15.2. The highest BCUT2D eigenvalue weighted by atomic mass is 16.3. The van der Waals surface area contributed by atoms with Crippen molar-refractivity contribution < 1.29 is 9.90 Å². The third kappa shape index (κ3) is 1.63. The fourth-order valence-electron chi connectivity index (χ4n) is 7.69. The molecule has 0 aromatic heterocycles. The number of Topliss-reactive ketones (excluding diaryl/α,β-unsaturated/α-hetero) is 1. The van der Waals surface area contributed by atoms with E-state index in [0.29, 0.717) is 34.4 Å². The first-order chi connectivity index (χ1) is 10.3. The number of hydrogen-bond donors (Lipinski definition) is 1. The van der Waals surface area contributed by atoms with Crippen molar-refractivity contribution in [3.05, 3.63) is 0 Å². The van der Waals surface area contributed by atoms with Crippen LogP contribution >= 0.6 is 0 Å². The molecule has 0 amide bonds. The fraction of sp³-hybridized carbons (Fsp3) is 0.950. The molecule has 0 heterocycles. The molecule has 0 bridgehead atoms. The van der Waals surface area contributed by atoms with Crippen LogP contribution in [-0.2, 0) is 4.79 Å². The number of rotatable bonds is 1. The topological polar surface area (TPSA) is 37.3 Å². The van der Waals surface area contributed by atoms with Gasteiger partial charge < -0.3 is 5.11 Å². The van der Waals surface area contributed by atoms with Gasteiger partial charge in [0.15, 0.2) is 0 Å². The lowest BCUT2D eigenvalue weighted by molar-refractivity contribution is -0.145. The maximum absolute atomic E-state index is 12.8. The summed E-state index contributed by atoms with van der Waals surface area (Å²) in [6.07, 6.45) is 7.39. The Bertz CT molecular complexity index is 510. The highest BCUT2D eigenvalue weighted by Gasteiger charge is 2.73. The second-order valence-electron chi connectivity index (χ2n) is 9.97. The fourth-order valence-corrected chi connectivity index (χ4v) is 7.69. The highest BCUT2D eigenvalue weighted by molar-refractivity contribution is 5.90. The lowest BCUT2D eigenvalue weighted by Crippen LogP contribution is -2.54. The number of fused-ring (bicyclic) bond motifs is 5. The molecular formula is C20H32O2. The van der Waals surface area contributed by atoms with Crippen molar-refractivity contribution in [2.75, 3.05) is 6.61 Å². The molecule has 7 unspecified atom stereocenters. The maximum Gasteiger partial charge on any atom is 0.139 e. The molecule has 4 aliphatic rings. The molecule has 0 radical (unpaired) electrons. The van der Waals surface area contributed by atoms with Crippen molar-refractivity contribution in [3.63, 3.8) is 0 Å². The first-order valence-electron chi connectivity index (χ1n) is 9.41. The molecule has 7 atom stereocenters. The Morgan fingerprint density at radius 1 is 1.14 bits per heavy atom. The average molecular weight is 304 g/mol. The van der Waals surface area contributed by atoms with Gasteiger partial charge in [0.2, 0.25) is 0 Å². The number of aliphatic hydroxyl groups excluding tert-OH is 1. The van der Waals surface area contributed by atoms with Gasteiger partial charge in [-0.25, -0.2) is 0 Å². The van der Waals surface area contributed by atoms with Gasteiger partial charge in [-0.2, -0.15) is 0 Å². The van der Waals surface area contributed by atoms with Gasteiger partial charge in [-0.05, 0) is 66.1 Å². The lowest BCUT2D eigenvalue weighted by Gasteiger charge is -2.60. The summed E-state index contributed by atoms with van der Waals surface area (Å²) in [4.78, 5) is 12.8. The third-order valence-corrected chi connectivity index (χ3v) is 8.88. The van der Waals surface area contributed by atoms with Gasteiger partial charge in [-0.15, -0.1) is 0 Å². The van der Waals surface area contributed by atoms with Crippen LogP contribution in [-0.4, -0.2) is 17.5 Å². The summed E-state index contributed by atoms with van der Waals surface area (Å²) >= 11 is 0. The van der Waals surface area contributed by atoms with Gasteiger partial charge in [0.25, 0.3) is 0 Å². The summed E-state index contributed by atoms with van der Waals surface area (Å²) in [6, 6.07) is 0. The van der Waals surface area contributed by atoms with Crippen LogP contribution in [0.1, 0.15) is 66.2 Å². The molecule has 0 aromatic rings. The monoisotopic (exact) mass is 304 g/mol. The second-order valence-corrected chi connectivity index (χ2v) is 9.97. The molecule has 4 fully saturated rings. The summed E-state index contributed by atoms with van der Waals surface area (Å²) in [6.45, 7) is 9.76. The Hall–Kier alpha value is -0.370. The Labute approximate surface area is 135 Å². The Morgan fingerprint density at radius 2 is 1.86 bits per heavy atom. The van der Waals surface area contributed by atoms with Crippen molar-refractivity contribution >= 4 is 5.78 Å². The van der Waals surface area contributed by atoms with Gasteiger partial charge >= 0.3 is 0 Å². The zero-order chi connectivity index (χ0) is 15.9. The maximum atomic E-state index is 12.8. The molecular weight excluding hydrogens is 272 g/mol. The Morgan fingerprint density at radius 3 is 2.55 bits per heavy atom. The van der Waals surface area contributed by atoms with Gasteiger partial charge in [0.1, 0.15) is 5.78 Å². The van der Waals surface area contributed by atoms with E-state index in [1.165, 1.54) is 32.1 Å². The molecule has 2 heteroatoms. The molecule has 2 nitrogen and oxygen atoms in total. The largest absolute Gasteiger partial charge is 0.396 e. The van der Waals surface area contributed by atoms with Crippen LogP contribution < -0.4 is 0 Å². The van der Waals surface area contributed by atoms with Gasteiger partial charge in [0, 0.05) is 18.4 Å². The van der Waals surface area contributed by atoms with Crippen molar-refractivity contribution in [1.82, 2.24) is 0 Å². The van der Waals surface area contributed by atoms with Gasteiger partial charge in [-0.3, -0.25) is 4.79 Å². The Kier molecular flexibility index (Phi) is 3.02. The average Bonchev–Trinajstić information content (AvgIpc) is 3.06. The van der Waals surface area contributed by atoms with Gasteiger partial charge in [-0.1, -0.05) is 34.1 Å². The van der Waals surface area contributed by atoms with Crippen LogP contribution in [0, 0.1) is 45.8 Å². The van der Waals surface area contributed by atoms with E-state index in [-0.39, 0.29) is 17.9 Å². The number of carbonyl (C=O) groups excluding carboxylic acids is 1. The molecule has 22 heavy (non-hydrogen) atoms. The molecule has 124 valence electrons. The van der Waals surface area contributed by atoms with Crippen molar-refractivity contribution in [1.29, 1.82) is 0 Å². The SMILES string of the molecule is CC1(C)CCCC2(C)C3CC(=O)C4(C)C(CO)C4C3CCC12. The summed E-state index contributed by atoms with van der Waals surface area (Å²) in [5, 5.41) is 9.74. The van der Waals surface area contributed by atoms with Crippen LogP contribution in [0.5, 0.6) is 0 Å². The predicted octanol–water partition coefficient (Wildman–Crippen LogP) is 4.06. The molecule has 4 aliphatic carbocycles. The summed E-state index contributed by atoms with van der Waals surface area (Å²) in [5.74, 6) is 3.24. The highest BCUT2D eigenvalue weighted by Crippen LogP contribution is 2.74. The molecule has 0 aromatic carbocycles. The number of aliphatic hydroxyl groups is 1.